The number of methoxy groups -OCH3 is 1. The van der Waals surface area contributed by atoms with Crippen molar-refractivity contribution < 1.29 is 24.2 Å². The number of amides is 2. The summed E-state index contributed by atoms with van der Waals surface area (Å²) < 4.78 is 4.56. The summed E-state index contributed by atoms with van der Waals surface area (Å²) in [4.78, 5) is 35.2. The number of esters is 1. The molecule has 0 saturated carbocycles. The average molecular weight is 274 g/mol. The largest absolute Gasteiger partial charge is 0.480 e. The SMILES string of the molecule is CCCC(NC(=O)N(C)CC(C)C(=O)OC)C(=O)O. The van der Waals surface area contributed by atoms with E-state index in [9.17, 15) is 14.4 Å². The lowest BCUT2D eigenvalue weighted by atomic mass is 10.1. The standard InChI is InChI=1S/C12H22N2O5/c1-5-6-9(10(15)16)13-12(18)14(3)7-8(2)11(17)19-4/h8-9H,5-7H2,1-4H3,(H,13,18)(H,15,16). The summed E-state index contributed by atoms with van der Waals surface area (Å²) in [6.45, 7) is 3.64. The molecule has 0 fully saturated rings. The second kappa shape index (κ2) is 8.34. The summed E-state index contributed by atoms with van der Waals surface area (Å²) in [5.41, 5.74) is 0. The number of urea groups is 1. The van der Waals surface area contributed by atoms with E-state index in [1.807, 2.05) is 6.92 Å². The van der Waals surface area contributed by atoms with Gasteiger partial charge in [-0.15, -0.1) is 0 Å². The van der Waals surface area contributed by atoms with Gasteiger partial charge in [0.15, 0.2) is 0 Å². The van der Waals surface area contributed by atoms with Gasteiger partial charge in [0.1, 0.15) is 6.04 Å². The molecule has 2 amide bonds. The van der Waals surface area contributed by atoms with E-state index in [2.05, 4.69) is 10.1 Å². The number of hydrogen-bond acceptors (Lipinski definition) is 4. The smallest absolute Gasteiger partial charge is 0.326 e. The van der Waals surface area contributed by atoms with Gasteiger partial charge in [-0.3, -0.25) is 4.79 Å². The van der Waals surface area contributed by atoms with Crippen molar-refractivity contribution in [3.63, 3.8) is 0 Å². The van der Waals surface area contributed by atoms with Gasteiger partial charge in [-0.05, 0) is 6.42 Å². The number of aliphatic carboxylic acids is 1. The Kier molecular flexibility index (Phi) is 7.55. The maximum atomic E-state index is 11.8. The Morgan fingerprint density at radius 1 is 1.37 bits per heavy atom. The maximum absolute atomic E-state index is 11.8. The fourth-order valence-electron chi connectivity index (χ4n) is 1.57. The van der Waals surface area contributed by atoms with Gasteiger partial charge < -0.3 is 20.1 Å². The lowest BCUT2D eigenvalue weighted by Crippen LogP contribution is -2.48. The summed E-state index contributed by atoms with van der Waals surface area (Å²) in [6.07, 6.45) is 1.01. The molecule has 0 bridgehead atoms. The zero-order valence-corrected chi connectivity index (χ0v) is 11.8. The van der Waals surface area contributed by atoms with Crippen molar-refractivity contribution in [1.29, 1.82) is 0 Å². The van der Waals surface area contributed by atoms with Gasteiger partial charge in [-0.1, -0.05) is 20.3 Å². The summed E-state index contributed by atoms with van der Waals surface area (Å²) >= 11 is 0. The first-order chi connectivity index (χ1) is 8.83. The number of carboxylic acids is 1. The van der Waals surface area contributed by atoms with Gasteiger partial charge in [-0.25, -0.2) is 9.59 Å². The van der Waals surface area contributed by atoms with E-state index in [1.165, 1.54) is 19.1 Å². The van der Waals surface area contributed by atoms with Crippen LogP contribution >= 0.6 is 0 Å². The molecule has 2 unspecified atom stereocenters. The Balaban J connectivity index is 4.40. The van der Waals surface area contributed by atoms with Crippen molar-refractivity contribution in [2.24, 2.45) is 5.92 Å². The highest BCUT2D eigenvalue weighted by atomic mass is 16.5. The van der Waals surface area contributed by atoms with E-state index < -0.39 is 29.9 Å². The molecule has 7 nitrogen and oxygen atoms in total. The molecular formula is C12H22N2O5. The van der Waals surface area contributed by atoms with Crippen LogP contribution in [-0.4, -0.2) is 54.7 Å². The molecule has 0 saturated heterocycles. The first-order valence-electron chi connectivity index (χ1n) is 6.15. The number of nitrogens with zero attached hydrogens (tertiary/aromatic N) is 1. The van der Waals surface area contributed by atoms with Crippen LogP contribution in [0.5, 0.6) is 0 Å². The van der Waals surface area contributed by atoms with E-state index in [0.29, 0.717) is 12.8 Å². The van der Waals surface area contributed by atoms with Crippen molar-refractivity contribution in [2.45, 2.75) is 32.7 Å². The number of ether oxygens (including phenoxy) is 1. The van der Waals surface area contributed by atoms with Gasteiger partial charge in [-0.2, -0.15) is 0 Å². The number of nitrogens with one attached hydrogen (secondary N) is 1. The molecule has 0 aliphatic carbocycles. The number of carbonyl (C=O) groups excluding carboxylic acids is 2. The van der Waals surface area contributed by atoms with Crippen LogP contribution in [0.3, 0.4) is 0 Å². The minimum Gasteiger partial charge on any atom is -0.480 e. The zero-order valence-electron chi connectivity index (χ0n) is 11.8. The summed E-state index contributed by atoms with van der Waals surface area (Å²) in [6, 6.07) is -1.43. The molecule has 0 spiro atoms. The van der Waals surface area contributed by atoms with Crippen LogP contribution in [-0.2, 0) is 14.3 Å². The van der Waals surface area contributed by atoms with Crippen LogP contribution < -0.4 is 5.32 Å². The molecule has 2 atom stereocenters. The molecule has 0 heterocycles. The second-order valence-electron chi connectivity index (χ2n) is 4.43. The van der Waals surface area contributed by atoms with E-state index >= 15 is 0 Å². The van der Waals surface area contributed by atoms with Gasteiger partial charge in [0, 0.05) is 13.6 Å². The maximum Gasteiger partial charge on any atom is 0.326 e. The molecule has 19 heavy (non-hydrogen) atoms. The van der Waals surface area contributed by atoms with Crippen LogP contribution in [0.4, 0.5) is 4.79 Å². The molecule has 2 N–H and O–H groups in total. The second-order valence-corrected chi connectivity index (χ2v) is 4.43. The molecule has 0 aliphatic rings. The predicted molar refractivity (Wildman–Crippen MR) is 68.7 cm³/mol. The van der Waals surface area contributed by atoms with Crippen LogP contribution in [0.15, 0.2) is 0 Å². The number of rotatable bonds is 7. The van der Waals surface area contributed by atoms with Crippen molar-refractivity contribution in [2.75, 3.05) is 20.7 Å². The highest BCUT2D eigenvalue weighted by molar-refractivity contribution is 5.82. The molecule has 0 aromatic heterocycles. The summed E-state index contributed by atoms with van der Waals surface area (Å²) in [5.74, 6) is -1.94. The molecular weight excluding hydrogens is 252 g/mol. The number of carboxylic acid groups (broad SMARTS) is 1. The Labute approximate surface area is 112 Å². The Morgan fingerprint density at radius 2 is 1.95 bits per heavy atom. The van der Waals surface area contributed by atoms with E-state index in [4.69, 9.17) is 5.11 Å². The highest BCUT2D eigenvalue weighted by Crippen LogP contribution is 2.03. The Morgan fingerprint density at radius 3 is 2.37 bits per heavy atom. The third kappa shape index (κ3) is 6.08. The lowest BCUT2D eigenvalue weighted by molar-refractivity contribution is -0.145. The van der Waals surface area contributed by atoms with Gasteiger partial charge in [0.05, 0.1) is 13.0 Å². The predicted octanol–water partition coefficient (Wildman–Crippen LogP) is 0.690. The van der Waals surface area contributed by atoms with E-state index in [-0.39, 0.29) is 6.54 Å². The minimum atomic E-state index is -1.07. The normalized spacial score (nSPS) is 13.3. The molecule has 0 aromatic carbocycles. The third-order valence-electron chi connectivity index (χ3n) is 2.67. The Hall–Kier alpha value is -1.79. The molecule has 7 heteroatoms. The van der Waals surface area contributed by atoms with Gasteiger partial charge in [0.2, 0.25) is 0 Å². The van der Waals surface area contributed by atoms with E-state index in [0.717, 1.165) is 0 Å². The first-order valence-corrected chi connectivity index (χ1v) is 6.15. The van der Waals surface area contributed by atoms with Gasteiger partial charge >= 0.3 is 18.0 Å². The van der Waals surface area contributed by atoms with Crippen molar-refractivity contribution in [1.82, 2.24) is 10.2 Å². The fraction of sp³-hybridized carbons (Fsp3) is 0.750. The van der Waals surface area contributed by atoms with Crippen molar-refractivity contribution in [3.8, 4) is 0 Å². The quantitative estimate of drug-likeness (QED) is 0.666. The van der Waals surface area contributed by atoms with Crippen molar-refractivity contribution in [3.05, 3.63) is 0 Å². The van der Waals surface area contributed by atoms with E-state index in [1.54, 1.807) is 6.92 Å². The van der Waals surface area contributed by atoms with Crippen LogP contribution in [0.2, 0.25) is 0 Å². The number of carbonyl (C=O) groups is 3. The lowest BCUT2D eigenvalue weighted by Gasteiger charge is -2.23. The van der Waals surface area contributed by atoms with Crippen molar-refractivity contribution >= 4 is 18.0 Å². The molecule has 0 radical (unpaired) electrons. The van der Waals surface area contributed by atoms with Gasteiger partial charge in [0.25, 0.3) is 0 Å². The average Bonchev–Trinajstić information content (AvgIpc) is 2.36. The fourth-order valence-corrected chi connectivity index (χ4v) is 1.57. The monoisotopic (exact) mass is 274 g/mol. The number of hydrogen-bond donors (Lipinski definition) is 2. The molecule has 0 aliphatic heterocycles. The topological polar surface area (TPSA) is 95.9 Å². The first kappa shape index (κ1) is 17.2. The van der Waals surface area contributed by atoms with Crippen LogP contribution in [0.25, 0.3) is 0 Å². The van der Waals surface area contributed by atoms with Crippen LogP contribution in [0.1, 0.15) is 26.7 Å². The zero-order chi connectivity index (χ0) is 15.0. The molecule has 0 rings (SSSR count). The highest BCUT2D eigenvalue weighted by Gasteiger charge is 2.23. The molecule has 0 aromatic rings. The third-order valence-corrected chi connectivity index (χ3v) is 2.67. The summed E-state index contributed by atoms with van der Waals surface area (Å²) in [7, 11) is 2.78. The van der Waals surface area contributed by atoms with Crippen LogP contribution in [0, 0.1) is 5.92 Å². The molecule has 110 valence electrons. The minimum absolute atomic E-state index is 0.164. The summed E-state index contributed by atoms with van der Waals surface area (Å²) in [5, 5.41) is 11.4. The Bertz CT molecular complexity index is 332.